The largest absolute Gasteiger partial charge is 0.349 e. The number of amides is 1. The summed E-state index contributed by atoms with van der Waals surface area (Å²) in [5, 5.41) is 12.2. The van der Waals surface area contributed by atoms with Crippen LogP contribution in [0.15, 0.2) is 53.6 Å². The molecule has 1 saturated carbocycles. The predicted octanol–water partition coefficient (Wildman–Crippen LogP) is 2.90. The molecule has 3 aromatic heterocycles. The van der Waals surface area contributed by atoms with E-state index in [1.54, 1.807) is 46.0 Å². The monoisotopic (exact) mass is 443 g/mol. The van der Waals surface area contributed by atoms with Crippen molar-refractivity contribution in [2.24, 2.45) is 0 Å². The number of nitrogens with one attached hydrogen (secondary N) is 1. The molecule has 0 aliphatic heterocycles. The van der Waals surface area contributed by atoms with Crippen LogP contribution in [-0.4, -0.2) is 41.5 Å². The van der Waals surface area contributed by atoms with E-state index in [9.17, 15) is 9.59 Å². The molecule has 1 aliphatic rings. The van der Waals surface area contributed by atoms with E-state index in [-0.39, 0.29) is 23.6 Å². The van der Waals surface area contributed by atoms with E-state index in [4.69, 9.17) is 0 Å². The molecule has 3 heterocycles. The number of fused-ring (bicyclic) bond motifs is 1. The van der Waals surface area contributed by atoms with Crippen molar-refractivity contribution < 1.29 is 4.79 Å². The number of hydrogen-bond acceptors (Lipinski definition) is 6. The number of aromatic nitrogens is 6. The summed E-state index contributed by atoms with van der Waals surface area (Å²) in [6.45, 7) is 3.90. The standard InChI is InChI=1S/C24H25N7O2/c1-15-13-16(2)30(28-15)22-9-10-23(32)31(29-22)19-6-4-18(5-7-19)27-24(33)17-3-8-20-21(14-17)26-12-11-25-20/h3,8-14,18-19H,4-7H2,1-2H3,(H,27,33). The third kappa shape index (κ3) is 4.26. The van der Waals surface area contributed by atoms with Gasteiger partial charge in [0.25, 0.3) is 11.5 Å². The second-order valence-corrected chi connectivity index (χ2v) is 8.55. The van der Waals surface area contributed by atoms with Crippen molar-refractivity contribution in [2.75, 3.05) is 0 Å². The number of rotatable bonds is 4. The quantitative estimate of drug-likeness (QED) is 0.520. The number of hydrogen-bond donors (Lipinski definition) is 1. The maximum Gasteiger partial charge on any atom is 0.267 e. The van der Waals surface area contributed by atoms with Gasteiger partial charge in [0, 0.05) is 35.8 Å². The first-order chi connectivity index (χ1) is 16.0. The fourth-order valence-electron chi connectivity index (χ4n) is 4.49. The van der Waals surface area contributed by atoms with Gasteiger partial charge in [0.2, 0.25) is 0 Å². The molecule has 0 bridgehead atoms. The number of nitrogens with zero attached hydrogens (tertiary/aromatic N) is 6. The first-order valence-electron chi connectivity index (χ1n) is 11.1. The van der Waals surface area contributed by atoms with E-state index in [2.05, 4.69) is 25.5 Å². The SMILES string of the molecule is Cc1cc(C)n(-c2ccc(=O)n(C3CCC(NC(=O)c4ccc5nccnc5c4)CC3)n2)n1. The highest BCUT2D eigenvalue weighted by Gasteiger charge is 2.25. The molecule has 1 amide bonds. The average Bonchev–Trinajstić information content (AvgIpc) is 3.17. The number of aryl methyl sites for hydroxylation is 2. The van der Waals surface area contributed by atoms with E-state index in [0.717, 1.165) is 42.6 Å². The van der Waals surface area contributed by atoms with Gasteiger partial charge in [-0.25, -0.2) is 9.36 Å². The molecule has 168 valence electrons. The lowest BCUT2D eigenvalue weighted by Crippen LogP contribution is -2.39. The molecule has 0 radical (unpaired) electrons. The highest BCUT2D eigenvalue weighted by molar-refractivity contribution is 5.97. The van der Waals surface area contributed by atoms with Gasteiger partial charge in [0.1, 0.15) is 0 Å². The Bertz CT molecular complexity index is 1380. The molecule has 0 atom stereocenters. The second-order valence-electron chi connectivity index (χ2n) is 8.55. The molecule has 1 fully saturated rings. The maximum absolute atomic E-state index is 12.8. The number of benzene rings is 1. The minimum atomic E-state index is -0.120. The summed E-state index contributed by atoms with van der Waals surface area (Å²) in [4.78, 5) is 33.8. The Balaban J connectivity index is 1.26. The minimum Gasteiger partial charge on any atom is -0.349 e. The lowest BCUT2D eigenvalue weighted by molar-refractivity contribution is 0.0921. The van der Waals surface area contributed by atoms with Gasteiger partial charge in [0.15, 0.2) is 5.82 Å². The summed E-state index contributed by atoms with van der Waals surface area (Å²) >= 11 is 0. The van der Waals surface area contributed by atoms with Crippen LogP contribution in [0.5, 0.6) is 0 Å². The second kappa shape index (κ2) is 8.57. The Hall–Kier alpha value is -3.88. The Morgan fingerprint density at radius 1 is 0.939 bits per heavy atom. The topological polar surface area (TPSA) is 108 Å². The van der Waals surface area contributed by atoms with Gasteiger partial charge < -0.3 is 5.32 Å². The Labute approximate surface area is 190 Å². The summed E-state index contributed by atoms with van der Waals surface area (Å²) in [6, 6.07) is 10.6. The molecule has 33 heavy (non-hydrogen) atoms. The molecule has 0 saturated heterocycles. The molecular formula is C24H25N7O2. The molecule has 4 aromatic rings. The van der Waals surface area contributed by atoms with E-state index < -0.39 is 0 Å². The molecule has 1 aromatic carbocycles. The molecule has 0 unspecified atom stereocenters. The third-order valence-corrected chi connectivity index (χ3v) is 6.15. The molecule has 1 N–H and O–H groups in total. The van der Waals surface area contributed by atoms with Crippen LogP contribution in [0, 0.1) is 13.8 Å². The summed E-state index contributed by atoms with van der Waals surface area (Å²) in [5.74, 6) is 0.517. The normalized spacial score (nSPS) is 18.4. The lowest BCUT2D eigenvalue weighted by Gasteiger charge is -2.29. The Morgan fingerprint density at radius 2 is 1.70 bits per heavy atom. The average molecular weight is 444 g/mol. The van der Waals surface area contributed by atoms with Crippen LogP contribution < -0.4 is 10.9 Å². The van der Waals surface area contributed by atoms with Gasteiger partial charge in [-0.05, 0) is 69.9 Å². The molecule has 0 spiro atoms. The molecule has 5 rings (SSSR count). The molecule has 1 aliphatic carbocycles. The Morgan fingerprint density at radius 3 is 2.42 bits per heavy atom. The van der Waals surface area contributed by atoms with Crippen molar-refractivity contribution in [3.8, 4) is 5.82 Å². The zero-order valence-corrected chi connectivity index (χ0v) is 18.6. The van der Waals surface area contributed by atoms with Crippen molar-refractivity contribution in [2.45, 2.75) is 51.6 Å². The van der Waals surface area contributed by atoms with Crippen molar-refractivity contribution in [3.05, 3.63) is 76.1 Å². The number of carbonyl (C=O) groups is 1. The van der Waals surface area contributed by atoms with E-state index in [1.807, 2.05) is 26.0 Å². The molecule has 9 nitrogen and oxygen atoms in total. The molecular weight excluding hydrogens is 418 g/mol. The highest BCUT2D eigenvalue weighted by atomic mass is 16.1. The fourth-order valence-corrected chi connectivity index (χ4v) is 4.49. The predicted molar refractivity (Wildman–Crippen MR) is 123 cm³/mol. The van der Waals surface area contributed by atoms with Crippen molar-refractivity contribution in [1.29, 1.82) is 0 Å². The fraction of sp³-hybridized carbons (Fsp3) is 0.333. The first kappa shape index (κ1) is 21.0. The van der Waals surface area contributed by atoms with Gasteiger partial charge in [0.05, 0.1) is 22.8 Å². The summed E-state index contributed by atoms with van der Waals surface area (Å²) in [7, 11) is 0. The highest BCUT2D eigenvalue weighted by Crippen LogP contribution is 2.27. The van der Waals surface area contributed by atoms with Crippen molar-refractivity contribution >= 4 is 16.9 Å². The van der Waals surface area contributed by atoms with Crippen LogP contribution >= 0.6 is 0 Å². The lowest BCUT2D eigenvalue weighted by atomic mass is 9.91. The van der Waals surface area contributed by atoms with Gasteiger partial charge >= 0.3 is 0 Å². The molecule has 9 heteroatoms. The van der Waals surface area contributed by atoms with Crippen LogP contribution in [0.4, 0.5) is 0 Å². The van der Waals surface area contributed by atoms with Crippen molar-refractivity contribution in [1.82, 2.24) is 34.8 Å². The van der Waals surface area contributed by atoms with E-state index in [1.165, 1.54) is 0 Å². The van der Waals surface area contributed by atoms with Gasteiger partial charge in [-0.3, -0.25) is 19.6 Å². The van der Waals surface area contributed by atoms with Gasteiger partial charge in [-0.15, -0.1) is 5.10 Å². The van der Waals surface area contributed by atoms with Crippen LogP contribution in [0.1, 0.15) is 53.5 Å². The summed E-state index contributed by atoms with van der Waals surface area (Å²) in [6.07, 6.45) is 6.34. The smallest absolute Gasteiger partial charge is 0.267 e. The summed E-state index contributed by atoms with van der Waals surface area (Å²) in [5.41, 5.74) is 3.78. The van der Waals surface area contributed by atoms with Crippen molar-refractivity contribution in [3.63, 3.8) is 0 Å². The zero-order chi connectivity index (χ0) is 22.9. The minimum absolute atomic E-state index is 0.00138. The van der Waals surface area contributed by atoms with Crippen LogP contribution in [0.2, 0.25) is 0 Å². The van der Waals surface area contributed by atoms with E-state index in [0.29, 0.717) is 16.9 Å². The first-order valence-corrected chi connectivity index (χ1v) is 11.1. The number of carbonyl (C=O) groups excluding carboxylic acids is 1. The Kier molecular flexibility index (Phi) is 5.45. The van der Waals surface area contributed by atoms with Gasteiger partial charge in [-0.2, -0.15) is 5.10 Å². The van der Waals surface area contributed by atoms with E-state index >= 15 is 0 Å². The maximum atomic E-state index is 12.8. The summed E-state index contributed by atoms with van der Waals surface area (Å²) < 4.78 is 3.33. The van der Waals surface area contributed by atoms with Gasteiger partial charge in [-0.1, -0.05) is 0 Å². The van der Waals surface area contributed by atoms with Crippen LogP contribution in [0.25, 0.3) is 16.9 Å². The van der Waals surface area contributed by atoms with Crippen LogP contribution in [0.3, 0.4) is 0 Å². The third-order valence-electron chi connectivity index (χ3n) is 6.15. The van der Waals surface area contributed by atoms with Crippen LogP contribution in [-0.2, 0) is 0 Å². The zero-order valence-electron chi connectivity index (χ0n) is 18.6.